The van der Waals surface area contributed by atoms with Crippen LogP contribution in [-0.4, -0.2) is 23.6 Å². The highest BCUT2D eigenvalue weighted by atomic mass is 35.5. The molecule has 24 heavy (non-hydrogen) atoms. The molecule has 0 bridgehead atoms. The second-order valence-corrected chi connectivity index (χ2v) is 5.74. The lowest BCUT2D eigenvalue weighted by Gasteiger charge is -2.11. The van der Waals surface area contributed by atoms with Crippen molar-refractivity contribution in [2.45, 2.75) is 18.9 Å². The summed E-state index contributed by atoms with van der Waals surface area (Å²) in [6.07, 6.45) is 1.32. The molecule has 1 aromatic heterocycles. The summed E-state index contributed by atoms with van der Waals surface area (Å²) in [4.78, 5) is 16.1. The minimum atomic E-state index is -0.356. The summed E-state index contributed by atoms with van der Waals surface area (Å²) in [6, 6.07) is 12.4. The highest BCUT2D eigenvalue weighted by Crippen LogP contribution is 2.21. The average molecular weight is 343 g/mol. The maximum absolute atomic E-state index is 12.0. The van der Waals surface area contributed by atoms with Gasteiger partial charge in [0.15, 0.2) is 5.69 Å². The number of rotatable bonds is 4. The molecule has 0 aliphatic carbocycles. The van der Waals surface area contributed by atoms with Gasteiger partial charge in [0.25, 0.3) is 5.91 Å². The van der Waals surface area contributed by atoms with Crippen molar-refractivity contribution in [2.24, 2.45) is 0 Å². The number of hydrogen-bond donors (Lipinski definition) is 2. The van der Waals surface area contributed by atoms with Gasteiger partial charge in [0, 0.05) is 18.0 Å². The second-order valence-electron chi connectivity index (χ2n) is 5.33. The van der Waals surface area contributed by atoms with Gasteiger partial charge in [0.1, 0.15) is 18.0 Å². The molecule has 1 saturated heterocycles. The SMILES string of the molecule is N#Cc1nc(Nc2ccc(NC(=O)C3CCCO3)cc2)ccc1Cl. The Bertz CT molecular complexity index is 780. The molecule has 1 atom stereocenters. The van der Waals surface area contributed by atoms with Crippen molar-refractivity contribution < 1.29 is 9.53 Å². The predicted molar refractivity (Wildman–Crippen MR) is 91.3 cm³/mol. The molecule has 122 valence electrons. The van der Waals surface area contributed by atoms with Crippen LogP contribution in [-0.2, 0) is 9.53 Å². The zero-order valence-electron chi connectivity index (χ0n) is 12.8. The quantitative estimate of drug-likeness (QED) is 0.888. The van der Waals surface area contributed by atoms with Crippen LogP contribution in [0.25, 0.3) is 0 Å². The molecule has 3 rings (SSSR count). The summed E-state index contributed by atoms with van der Waals surface area (Å²) in [5.41, 5.74) is 1.65. The molecule has 2 N–H and O–H groups in total. The number of carbonyl (C=O) groups is 1. The average Bonchev–Trinajstić information content (AvgIpc) is 3.13. The Morgan fingerprint density at radius 3 is 2.67 bits per heavy atom. The Labute approximate surface area is 144 Å². The van der Waals surface area contributed by atoms with E-state index in [4.69, 9.17) is 21.6 Å². The fraction of sp³-hybridized carbons (Fsp3) is 0.235. The third-order valence-corrected chi connectivity index (χ3v) is 3.90. The number of nitriles is 1. The maximum Gasteiger partial charge on any atom is 0.253 e. The first-order valence-electron chi connectivity index (χ1n) is 7.52. The molecule has 7 heteroatoms. The van der Waals surface area contributed by atoms with Crippen LogP contribution in [0.3, 0.4) is 0 Å². The third kappa shape index (κ3) is 3.82. The number of amides is 1. The number of ether oxygens (including phenoxy) is 1. The number of nitrogens with zero attached hydrogens (tertiary/aromatic N) is 2. The molecule has 1 unspecified atom stereocenters. The molecule has 1 aliphatic rings. The van der Waals surface area contributed by atoms with Crippen LogP contribution in [0.4, 0.5) is 17.2 Å². The number of halogens is 1. The summed E-state index contributed by atoms with van der Waals surface area (Å²) in [5.74, 6) is 0.401. The standard InChI is InChI=1S/C17H15ClN4O2/c18-13-7-8-16(22-14(13)10-19)20-11-3-5-12(6-4-11)21-17(23)15-2-1-9-24-15/h3-8,15H,1-2,9H2,(H,20,22)(H,21,23). The maximum atomic E-state index is 12.0. The van der Waals surface area contributed by atoms with Gasteiger partial charge in [0.05, 0.1) is 5.02 Å². The van der Waals surface area contributed by atoms with Gasteiger partial charge in [-0.2, -0.15) is 5.26 Å². The summed E-state index contributed by atoms with van der Waals surface area (Å²) in [6.45, 7) is 0.639. The fourth-order valence-corrected chi connectivity index (χ4v) is 2.53. The van der Waals surface area contributed by atoms with Gasteiger partial charge in [-0.05, 0) is 49.2 Å². The number of aromatic nitrogens is 1. The normalized spacial score (nSPS) is 16.4. The molecular formula is C17H15ClN4O2. The number of nitrogens with one attached hydrogen (secondary N) is 2. The lowest BCUT2D eigenvalue weighted by Crippen LogP contribution is -2.26. The number of anilines is 3. The highest BCUT2D eigenvalue weighted by molar-refractivity contribution is 6.31. The van der Waals surface area contributed by atoms with Crippen LogP contribution in [0.5, 0.6) is 0 Å². The van der Waals surface area contributed by atoms with E-state index in [1.165, 1.54) is 0 Å². The van der Waals surface area contributed by atoms with E-state index < -0.39 is 0 Å². The van der Waals surface area contributed by atoms with Gasteiger partial charge in [-0.25, -0.2) is 4.98 Å². The van der Waals surface area contributed by atoms with Crippen molar-refractivity contribution in [1.82, 2.24) is 4.98 Å². The molecule has 2 heterocycles. The van der Waals surface area contributed by atoms with Gasteiger partial charge in [0.2, 0.25) is 0 Å². The predicted octanol–water partition coefficient (Wildman–Crippen LogP) is 3.47. The number of benzene rings is 1. The molecule has 1 fully saturated rings. The lowest BCUT2D eigenvalue weighted by atomic mass is 10.2. The first-order chi connectivity index (χ1) is 11.7. The van der Waals surface area contributed by atoms with Crippen molar-refractivity contribution in [2.75, 3.05) is 17.2 Å². The van der Waals surface area contributed by atoms with Crippen LogP contribution in [0.1, 0.15) is 18.5 Å². The minimum absolute atomic E-state index is 0.119. The van der Waals surface area contributed by atoms with E-state index in [0.717, 1.165) is 18.5 Å². The zero-order chi connectivity index (χ0) is 16.9. The van der Waals surface area contributed by atoms with E-state index in [2.05, 4.69) is 15.6 Å². The van der Waals surface area contributed by atoms with Crippen LogP contribution in [0.15, 0.2) is 36.4 Å². The molecule has 2 aromatic rings. The van der Waals surface area contributed by atoms with E-state index in [1.54, 1.807) is 24.3 Å². The van der Waals surface area contributed by atoms with Crippen LogP contribution in [0.2, 0.25) is 5.02 Å². The van der Waals surface area contributed by atoms with E-state index in [-0.39, 0.29) is 17.7 Å². The van der Waals surface area contributed by atoms with Crippen molar-refractivity contribution in [1.29, 1.82) is 5.26 Å². The Balaban J connectivity index is 1.64. The van der Waals surface area contributed by atoms with Crippen molar-refractivity contribution >= 4 is 34.7 Å². The van der Waals surface area contributed by atoms with E-state index in [0.29, 0.717) is 23.1 Å². The van der Waals surface area contributed by atoms with Gasteiger partial charge >= 0.3 is 0 Å². The Hall–Kier alpha value is -2.62. The Morgan fingerprint density at radius 2 is 2.00 bits per heavy atom. The van der Waals surface area contributed by atoms with Gasteiger partial charge < -0.3 is 15.4 Å². The van der Waals surface area contributed by atoms with Crippen molar-refractivity contribution in [3.8, 4) is 6.07 Å². The van der Waals surface area contributed by atoms with E-state index >= 15 is 0 Å². The molecule has 1 amide bonds. The second kappa shape index (κ2) is 7.30. The number of carbonyl (C=O) groups excluding carboxylic acids is 1. The fourth-order valence-electron chi connectivity index (χ4n) is 2.38. The molecule has 0 spiro atoms. The Kier molecular flexibility index (Phi) is 4.94. The molecule has 1 aliphatic heterocycles. The molecule has 1 aromatic carbocycles. The summed E-state index contributed by atoms with van der Waals surface area (Å²) < 4.78 is 5.35. The molecule has 6 nitrogen and oxygen atoms in total. The topological polar surface area (TPSA) is 87.0 Å². The Morgan fingerprint density at radius 1 is 1.25 bits per heavy atom. The number of hydrogen-bond acceptors (Lipinski definition) is 5. The zero-order valence-corrected chi connectivity index (χ0v) is 13.5. The summed E-state index contributed by atoms with van der Waals surface area (Å²) >= 11 is 5.86. The lowest BCUT2D eigenvalue weighted by molar-refractivity contribution is -0.124. The third-order valence-electron chi connectivity index (χ3n) is 3.60. The van der Waals surface area contributed by atoms with Crippen molar-refractivity contribution in [3.05, 3.63) is 47.1 Å². The smallest absolute Gasteiger partial charge is 0.253 e. The summed E-state index contributed by atoms with van der Waals surface area (Å²) in [7, 11) is 0. The van der Waals surface area contributed by atoms with Crippen LogP contribution < -0.4 is 10.6 Å². The highest BCUT2D eigenvalue weighted by Gasteiger charge is 2.23. The molecular weight excluding hydrogens is 328 g/mol. The molecule has 0 saturated carbocycles. The van der Waals surface area contributed by atoms with Crippen LogP contribution >= 0.6 is 11.6 Å². The number of pyridine rings is 1. The first-order valence-corrected chi connectivity index (χ1v) is 7.90. The van der Waals surface area contributed by atoms with Crippen LogP contribution in [0, 0.1) is 11.3 Å². The van der Waals surface area contributed by atoms with Gasteiger partial charge in [-0.1, -0.05) is 11.6 Å². The minimum Gasteiger partial charge on any atom is -0.368 e. The van der Waals surface area contributed by atoms with Crippen molar-refractivity contribution in [3.63, 3.8) is 0 Å². The van der Waals surface area contributed by atoms with E-state index in [9.17, 15) is 4.79 Å². The first kappa shape index (κ1) is 16.2. The monoisotopic (exact) mass is 342 g/mol. The summed E-state index contributed by atoms with van der Waals surface area (Å²) in [5, 5.41) is 15.2. The molecule has 0 radical (unpaired) electrons. The van der Waals surface area contributed by atoms with Gasteiger partial charge in [-0.15, -0.1) is 0 Å². The van der Waals surface area contributed by atoms with E-state index in [1.807, 2.05) is 18.2 Å². The van der Waals surface area contributed by atoms with Gasteiger partial charge in [-0.3, -0.25) is 4.79 Å². The largest absolute Gasteiger partial charge is 0.368 e.